The summed E-state index contributed by atoms with van der Waals surface area (Å²) in [5, 5.41) is 2.64. The Kier molecular flexibility index (Phi) is 4.32. The Balaban J connectivity index is 2.36. The zero-order valence-corrected chi connectivity index (χ0v) is 12.1. The van der Waals surface area contributed by atoms with Gasteiger partial charge in [-0.15, -0.1) is 11.3 Å². The molecule has 0 N–H and O–H groups in total. The molecule has 1 aromatic carbocycles. The molecule has 0 spiro atoms. The average molecular weight is 275 g/mol. The van der Waals surface area contributed by atoms with Crippen molar-refractivity contribution in [3.05, 3.63) is 52.0 Å². The topological polar surface area (TPSA) is 39.2 Å². The summed E-state index contributed by atoms with van der Waals surface area (Å²) in [7, 11) is 1.41. The van der Waals surface area contributed by atoms with Crippen molar-refractivity contribution >= 4 is 17.3 Å². The Morgan fingerprint density at radius 3 is 2.32 bits per heavy atom. The second kappa shape index (κ2) is 5.97. The Morgan fingerprint density at radius 2 is 1.84 bits per heavy atom. The second-order valence-electron chi connectivity index (χ2n) is 4.65. The highest BCUT2D eigenvalue weighted by molar-refractivity contribution is 7.09. The predicted octanol–water partition coefficient (Wildman–Crippen LogP) is 3.57. The number of ether oxygens (including phenoxy) is 1. The van der Waals surface area contributed by atoms with Gasteiger partial charge in [0.1, 0.15) is 10.9 Å². The van der Waals surface area contributed by atoms with Crippen molar-refractivity contribution in [2.75, 3.05) is 7.11 Å². The minimum absolute atomic E-state index is 0.271. The van der Waals surface area contributed by atoms with Crippen LogP contribution in [0.3, 0.4) is 0 Å². The lowest BCUT2D eigenvalue weighted by atomic mass is 9.95. The second-order valence-corrected chi connectivity index (χ2v) is 5.57. The first-order valence-corrected chi connectivity index (χ1v) is 7.08. The van der Waals surface area contributed by atoms with Gasteiger partial charge in [0.2, 0.25) is 0 Å². The fourth-order valence-electron chi connectivity index (χ4n) is 1.95. The zero-order valence-electron chi connectivity index (χ0n) is 11.3. The first kappa shape index (κ1) is 13.7. The minimum Gasteiger partial charge on any atom is -0.468 e. The highest BCUT2D eigenvalue weighted by Gasteiger charge is 2.25. The summed E-state index contributed by atoms with van der Waals surface area (Å²) in [5.74, 6) is -0.219. The highest BCUT2D eigenvalue weighted by atomic mass is 32.1. The lowest BCUT2D eigenvalue weighted by molar-refractivity contribution is -0.141. The van der Waals surface area contributed by atoms with Crippen molar-refractivity contribution in [1.82, 2.24) is 4.98 Å². The summed E-state index contributed by atoms with van der Waals surface area (Å²) >= 11 is 1.47. The third kappa shape index (κ3) is 3.01. The molecule has 1 heterocycles. The van der Waals surface area contributed by atoms with Gasteiger partial charge in [-0.2, -0.15) is 0 Å². The van der Waals surface area contributed by atoms with Crippen LogP contribution in [0.1, 0.15) is 41.8 Å². The van der Waals surface area contributed by atoms with Gasteiger partial charge in [0, 0.05) is 11.6 Å². The van der Waals surface area contributed by atoms with Crippen molar-refractivity contribution in [2.24, 2.45) is 0 Å². The molecule has 19 heavy (non-hydrogen) atoms. The summed E-state index contributed by atoms with van der Waals surface area (Å²) < 4.78 is 4.90. The summed E-state index contributed by atoms with van der Waals surface area (Å²) in [6.07, 6.45) is 1.71. The molecule has 3 nitrogen and oxygen atoms in total. The van der Waals surface area contributed by atoms with Gasteiger partial charge < -0.3 is 4.74 Å². The van der Waals surface area contributed by atoms with E-state index in [0.29, 0.717) is 5.92 Å². The van der Waals surface area contributed by atoms with Crippen LogP contribution in [0.4, 0.5) is 0 Å². The van der Waals surface area contributed by atoms with Crippen molar-refractivity contribution in [3.63, 3.8) is 0 Å². The first-order valence-electron chi connectivity index (χ1n) is 6.20. The summed E-state index contributed by atoms with van der Waals surface area (Å²) in [6, 6.07) is 8.09. The van der Waals surface area contributed by atoms with E-state index in [1.165, 1.54) is 24.0 Å². The van der Waals surface area contributed by atoms with E-state index in [9.17, 15) is 4.79 Å². The molecule has 0 amide bonds. The van der Waals surface area contributed by atoms with Crippen LogP contribution < -0.4 is 0 Å². The van der Waals surface area contributed by atoms with Crippen LogP contribution in [-0.4, -0.2) is 18.1 Å². The van der Waals surface area contributed by atoms with Gasteiger partial charge >= 0.3 is 5.97 Å². The van der Waals surface area contributed by atoms with E-state index in [1.807, 2.05) is 17.5 Å². The predicted molar refractivity (Wildman–Crippen MR) is 76.5 cm³/mol. The van der Waals surface area contributed by atoms with Crippen LogP contribution in [0.15, 0.2) is 35.8 Å². The van der Waals surface area contributed by atoms with Crippen LogP contribution in [0, 0.1) is 0 Å². The maximum absolute atomic E-state index is 12.0. The van der Waals surface area contributed by atoms with Crippen LogP contribution in [0.2, 0.25) is 0 Å². The van der Waals surface area contributed by atoms with Gasteiger partial charge in [0.25, 0.3) is 0 Å². The fourth-order valence-corrected chi connectivity index (χ4v) is 2.70. The summed E-state index contributed by atoms with van der Waals surface area (Å²) in [5.41, 5.74) is 2.18. The third-order valence-electron chi connectivity index (χ3n) is 3.07. The van der Waals surface area contributed by atoms with Gasteiger partial charge in [0.05, 0.1) is 7.11 Å². The first-order chi connectivity index (χ1) is 9.13. The monoisotopic (exact) mass is 275 g/mol. The third-order valence-corrected chi connectivity index (χ3v) is 3.91. The molecule has 2 rings (SSSR count). The number of benzene rings is 1. The van der Waals surface area contributed by atoms with E-state index in [1.54, 1.807) is 6.20 Å². The number of thiazole rings is 1. The highest BCUT2D eigenvalue weighted by Crippen LogP contribution is 2.28. The molecular weight excluding hydrogens is 258 g/mol. The average Bonchev–Trinajstić information content (AvgIpc) is 2.93. The molecule has 2 aromatic rings. The van der Waals surface area contributed by atoms with Crippen LogP contribution in [0.5, 0.6) is 0 Å². The van der Waals surface area contributed by atoms with Gasteiger partial charge in [-0.25, -0.2) is 4.98 Å². The number of methoxy groups -OCH3 is 1. The van der Waals surface area contributed by atoms with E-state index in [-0.39, 0.29) is 5.97 Å². The molecule has 0 aliphatic rings. The smallest absolute Gasteiger partial charge is 0.320 e. The molecule has 0 fully saturated rings. The number of carbonyl (C=O) groups is 1. The number of nitrogens with zero attached hydrogens (tertiary/aromatic N) is 1. The number of aromatic nitrogens is 1. The summed E-state index contributed by atoms with van der Waals surface area (Å²) in [4.78, 5) is 16.2. The largest absolute Gasteiger partial charge is 0.468 e. The number of esters is 1. The number of hydrogen-bond acceptors (Lipinski definition) is 4. The van der Waals surface area contributed by atoms with Gasteiger partial charge in [-0.1, -0.05) is 38.1 Å². The fraction of sp³-hybridized carbons (Fsp3) is 0.333. The number of carbonyl (C=O) groups excluding carboxylic acids is 1. The van der Waals surface area contributed by atoms with E-state index in [2.05, 4.69) is 31.0 Å². The van der Waals surface area contributed by atoms with E-state index >= 15 is 0 Å². The van der Waals surface area contributed by atoms with E-state index in [0.717, 1.165) is 10.6 Å². The number of hydrogen-bond donors (Lipinski definition) is 0. The molecule has 0 aliphatic carbocycles. The van der Waals surface area contributed by atoms with Gasteiger partial charge in [0.15, 0.2) is 0 Å². The molecule has 1 unspecified atom stereocenters. The normalized spacial score (nSPS) is 12.4. The van der Waals surface area contributed by atoms with Crippen molar-refractivity contribution in [2.45, 2.75) is 25.7 Å². The van der Waals surface area contributed by atoms with Crippen LogP contribution >= 0.6 is 11.3 Å². The molecule has 1 aromatic heterocycles. The van der Waals surface area contributed by atoms with Crippen molar-refractivity contribution in [3.8, 4) is 0 Å². The Bertz CT molecular complexity index is 532. The number of rotatable bonds is 4. The molecule has 0 saturated heterocycles. The summed E-state index contributed by atoms with van der Waals surface area (Å²) in [6.45, 7) is 4.29. The van der Waals surface area contributed by atoms with Crippen molar-refractivity contribution < 1.29 is 9.53 Å². The van der Waals surface area contributed by atoms with E-state index in [4.69, 9.17) is 4.74 Å². The zero-order chi connectivity index (χ0) is 13.8. The van der Waals surface area contributed by atoms with E-state index < -0.39 is 5.92 Å². The lowest BCUT2D eigenvalue weighted by Gasteiger charge is -2.14. The maximum Gasteiger partial charge on any atom is 0.320 e. The maximum atomic E-state index is 12.0. The lowest BCUT2D eigenvalue weighted by Crippen LogP contribution is -2.15. The van der Waals surface area contributed by atoms with Crippen LogP contribution in [0.25, 0.3) is 0 Å². The minimum atomic E-state index is -0.425. The molecule has 0 aliphatic heterocycles. The van der Waals surface area contributed by atoms with Gasteiger partial charge in [-0.05, 0) is 17.0 Å². The quantitative estimate of drug-likeness (QED) is 0.801. The van der Waals surface area contributed by atoms with Gasteiger partial charge in [-0.3, -0.25) is 4.79 Å². The molecule has 0 saturated carbocycles. The molecule has 4 heteroatoms. The molecule has 0 radical (unpaired) electrons. The Morgan fingerprint density at radius 1 is 1.21 bits per heavy atom. The molecule has 1 atom stereocenters. The standard InChI is InChI=1S/C15H17NO2S/c1-10(2)11-4-6-12(7-5-11)13(15(17)18-3)14-16-8-9-19-14/h4-10,13H,1-3H3. The molecule has 0 bridgehead atoms. The van der Waals surface area contributed by atoms with Crippen molar-refractivity contribution in [1.29, 1.82) is 0 Å². The molecule has 100 valence electrons. The molecular formula is C15H17NO2S. The Hall–Kier alpha value is -1.68. The SMILES string of the molecule is COC(=O)C(c1ccc(C(C)C)cc1)c1nccs1. The van der Waals surface area contributed by atoms with Crippen LogP contribution in [-0.2, 0) is 9.53 Å². The Labute approximate surface area is 117 Å².